The summed E-state index contributed by atoms with van der Waals surface area (Å²) in [6.07, 6.45) is 1.67. The summed E-state index contributed by atoms with van der Waals surface area (Å²) in [7, 11) is 0. The number of aliphatic carboxylic acids is 1. The van der Waals surface area contributed by atoms with Gasteiger partial charge in [0.25, 0.3) is 0 Å². The molecule has 23 heavy (non-hydrogen) atoms. The lowest BCUT2D eigenvalue weighted by molar-refractivity contribution is -0.136. The molecule has 3 rings (SSSR count). The van der Waals surface area contributed by atoms with Crippen molar-refractivity contribution >= 4 is 29.9 Å². The van der Waals surface area contributed by atoms with Gasteiger partial charge in [0.1, 0.15) is 10.8 Å². The van der Waals surface area contributed by atoms with Crippen LogP contribution in [0.1, 0.15) is 10.3 Å². The minimum Gasteiger partial charge on any atom is -0.508 e. The Kier molecular flexibility index (Phi) is 4.36. The first kappa shape index (κ1) is 15.6. The van der Waals surface area contributed by atoms with E-state index < -0.39 is 11.2 Å². The molecule has 0 radical (unpaired) electrons. The molecule has 1 unspecified atom stereocenters. The summed E-state index contributed by atoms with van der Waals surface area (Å²) in [5.41, 5.74) is 3.03. The predicted molar refractivity (Wildman–Crippen MR) is 94.0 cm³/mol. The minimum atomic E-state index is -1.00. The van der Waals surface area contributed by atoms with Crippen LogP contribution in [0.25, 0.3) is 21.6 Å². The number of phenols is 1. The van der Waals surface area contributed by atoms with Crippen LogP contribution in [0.2, 0.25) is 0 Å². The normalized spacial score (nSPS) is 12.0. The highest BCUT2D eigenvalue weighted by Gasteiger charge is 2.19. The second-order valence-corrected chi connectivity index (χ2v) is 6.51. The third kappa shape index (κ3) is 3.38. The number of carbonyl (C=O) groups is 1. The second-order valence-electron chi connectivity index (χ2n) is 4.93. The quantitative estimate of drug-likeness (QED) is 0.620. The summed E-state index contributed by atoms with van der Waals surface area (Å²) < 4.78 is 0. The van der Waals surface area contributed by atoms with Gasteiger partial charge in [0.05, 0.1) is 4.88 Å². The molecule has 0 bridgehead atoms. The molecule has 0 aliphatic heterocycles. The SMILES string of the molecule is O=C(O)C(S)c1ncc(-c2ccc(-c3ccc(O)cc3)cc2)s1. The van der Waals surface area contributed by atoms with Crippen molar-refractivity contribution in [2.24, 2.45) is 0 Å². The number of nitrogens with zero attached hydrogens (tertiary/aromatic N) is 1. The van der Waals surface area contributed by atoms with Crippen LogP contribution in [0.4, 0.5) is 0 Å². The van der Waals surface area contributed by atoms with Crippen LogP contribution in [0.5, 0.6) is 5.75 Å². The third-order valence-corrected chi connectivity index (χ3v) is 5.11. The van der Waals surface area contributed by atoms with Gasteiger partial charge in [-0.3, -0.25) is 4.79 Å². The molecule has 0 saturated heterocycles. The highest BCUT2D eigenvalue weighted by molar-refractivity contribution is 7.81. The number of carboxylic acids is 1. The zero-order valence-electron chi connectivity index (χ0n) is 11.9. The molecule has 0 aliphatic rings. The van der Waals surface area contributed by atoms with E-state index in [0.29, 0.717) is 5.01 Å². The molecule has 116 valence electrons. The highest BCUT2D eigenvalue weighted by Crippen LogP contribution is 2.33. The lowest BCUT2D eigenvalue weighted by atomic mass is 10.0. The van der Waals surface area contributed by atoms with E-state index in [4.69, 9.17) is 5.11 Å². The molecule has 0 fully saturated rings. The van der Waals surface area contributed by atoms with Crippen molar-refractivity contribution in [3.8, 4) is 27.3 Å². The Labute approximate surface area is 142 Å². The van der Waals surface area contributed by atoms with Crippen LogP contribution in [-0.4, -0.2) is 21.2 Å². The number of rotatable bonds is 4. The van der Waals surface area contributed by atoms with E-state index in [2.05, 4.69) is 17.6 Å². The van der Waals surface area contributed by atoms with Crippen LogP contribution in [0.3, 0.4) is 0 Å². The van der Waals surface area contributed by atoms with E-state index in [9.17, 15) is 9.90 Å². The van der Waals surface area contributed by atoms with Crippen LogP contribution in [0.15, 0.2) is 54.7 Å². The van der Waals surface area contributed by atoms with Crippen LogP contribution in [-0.2, 0) is 4.79 Å². The number of thiazole rings is 1. The molecule has 2 aromatic carbocycles. The first-order valence-electron chi connectivity index (χ1n) is 6.81. The molecule has 1 atom stereocenters. The maximum absolute atomic E-state index is 10.9. The van der Waals surface area contributed by atoms with Crippen LogP contribution in [0, 0.1) is 0 Å². The van der Waals surface area contributed by atoms with Crippen molar-refractivity contribution < 1.29 is 15.0 Å². The summed E-state index contributed by atoms with van der Waals surface area (Å²) in [4.78, 5) is 16.0. The third-order valence-electron chi connectivity index (χ3n) is 3.36. The number of aromatic nitrogens is 1. The summed E-state index contributed by atoms with van der Waals surface area (Å²) in [5, 5.41) is 17.9. The van der Waals surface area contributed by atoms with E-state index in [1.54, 1.807) is 18.3 Å². The number of aromatic hydroxyl groups is 1. The molecule has 3 aromatic rings. The fraction of sp³-hybridized carbons (Fsp3) is 0.0588. The van der Waals surface area contributed by atoms with Crippen molar-refractivity contribution in [3.63, 3.8) is 0 Å². The number of hydrogen-bond acceptors (Lipinski definition) is 5. The van der Waals surface area contributed by atoms with Crippen molar-refractivity contribution in [2.75, 3.05) is 0 Å². The Hall–Kier alpha value is -2.31. The van der Waals surface area contributed by atoms with E-state index in [1.165, 1.54) is 11.3 Å². The van der Waals surface area contributed by atoms with E-state index >= 15 is 0 Å². The smallest absolute Gasteiger partial charge is 0.323 e. The van der Waals surface area contributed by atoms with Gasteiger partial charge in [-0.2, -0.15) is 12.6 Å². The zero-order valence-corrected chi connectivity index (χ0v) is 13.6. The average molecular weight is 343 g/mol. The molecule has 0 aliphatic carbocycles. The van der Waals surface area contributed by atoms with Gasteiger partial charge >= 0.3 is 5.97 Å². The Balaban J connectivity index is 1.85. The second kappa shape index (κ2) is 6.44. The molecular formula is C17H13NO3S2. The van der Waals surface area contributed by atoms with Crippen molar-refractivity contribution in [2.45, 2.75) is 5.25 Å². The van der Waals surface area contributed by atoms with Gasteiger partial charge in [-0.15, -0.1) is 11.3 Å². The van der Waals surface area contributed by atoms with E-state index in [1.807, 2.05) is 36.4 Å². The number of benzene rings is 2. The molecular weight excluding hydrogens is 330 g/mol. The summed E-state index contributed by atoms with van der Waals surface area (Å²) in [5.74, 6) is -0.765. The largest absolute Gasteiger partial charge is 0.508 e. The standard InChI is InChI=1S/C17H13NO3S2/c19-13-7-5-11(6-8-13)10-1-3-12(4-2-10)14-9-18-16(23-14)15(22)17(20)21/h1-9,15,19,22H,(H,20,21). The lowest BCUT2D eigenvalue weighted by Crippen LogP contribution is -2.03. The highest BCUT2D eigenvalue weighted by atomic mass is 32.1. The molecule has 0 amide bonds. The number of thiol groups is 1. The van der Waals surface area contributed by atoms with Gasteiger partial charge in [-0.05, 0) is 28.8 Å². The minimum absolute atomic E-state index is 0.238. The molecule has 6 heteroatoms. The summed E-state index contributed by atoms with van der Waals surface area (Å²) in [6, 6.07) is 14.9. The van der Waals surface area contributed by atoms with Gasteiger partial charge < -0.3 is 10.2 Å². The van der Waals surface area contributed by atoms with Gasteiger partial charge in [0.15, 0.2) is 5.25 Å². The first-order chi connectivity index (χ1) is 11.0. The maximum Gasteiger partial charge on any atom is 0.323 e. The Morgan fingerprint density at radius 2 is 1.52 bits per heavy atom. The Morgan fingerprint density at radius 1 is 1.00 bits per heavy atom. The zero-order chi connectivity index (χ0) is 16.4. The fourth-order valence-electron chi connectivity index (χ4n) is 2.13. The number of carboxylic acid groups (broad SMARTS) is 1. The van der Waals surface area contributed by atoms with Gasteiger partial charge in [0.2, 0.25) is 0 Å². The number of phenolic OH excluding ortho intramolecular Hbond substituents is 1. The average Bonchev–Trinajstić information content (AvgIpc) is 3.05. The lowest BCUT2D eigenvalue weighted by Gasteiger charge is -2.03. The predicted octanol–water partition coefficient (Wildman–Crippen LogP) is 4.24. The summed E-state index contributed by atoms with van der Waals surface area (Å²) >= 11 is 5.37. The van der Waals surface area contributed by atoms with Gasteiger partial charge in [-0.25, -0.2) is 4.98 Å². The maximum atomic E-state index is 10.9. The molecule has 2 N–H and O–H groups in total. The Bertz CT molecular complexity index is 826. The van der Waals surface area contributed by atoms with E-state index in [0.717, 1.165) is 21.6 Å². The molecule has 1 heterocycles. The van der Waals surface area contributed by atoms with Crippen LogP contribution < -0.4 is 0 Å². The van der Waals surface area contributed by atoms with Crippen molar-refractivity contribution in [1.29, 1.82) is 0 Å². The molecule has 0 saturated carbocycles. The van der Waals surface area contributed by atoms with E-state index in [-0.39, 0.29) is 5.75 Å². The van der Waals surface area contributed by atoms with Gasteiger partial charge in [-0.1, -0.05) is 36.4 Å². The van der Waals surface area contributed by atoms with Gasteiger partial charge in [0, 0.05) is 6.20 Å². The van der Waals surface area contributed by atoms with Crippen molar-refractivity contribution in [3.05, 3.63) is 59.7 Å². The fourth-order valence-corrected chi connectivity index (χ4v) is 3.26. The molecule has 0 spiro atoms. The van der Waals surface area contributed by atoms with Crippen molar-refractivity contribution in [1.82, 2.24) is 4.98 Å². The monoisotopic (exact) mass is 343 g/mol. The van der Waals surface area contributed by atoms with Crippen LogP contribution >= 0.6 is 24.0 Å². The molecule has 4 nitrogen and oxygen atoms in total. The first-order valence-corrected chi connectivity index (χ1v) is 8.14. The number of hydrogen-bond donors (Lipinski definition) is 3. The summed E-state index contributed by atoms with van der Waals surface area (Å²) in [6.45, 7) is 0. The molecule has 1 aromatic heterocycles. The topological polar surface area (TPSA) is 70.4 Å². The Morgan fingerprint density at radius 3 is 2.09 bits per heavy atom.